The molecule has 1 atom stereocenters. The van der Waals surface area contributed by atoms with Crippen LogP contribution >= 0.6 is 0 Å². The summed E-state index contributed by atoms with van der Waals surface area (Å²) in [5.41, 5.74) is 7.50. The van der Waals surface area contributed by atoms with Crippen molar-refractivity contribution in [1.82, 2.24) is 5.32 Å². The number of imide groups is 1. The second kappa shape index (κ2) is 4.43. The van der Waals surface area contributed by atoms with Crippen LogP contribution in [0.4, 0.5) is 4.79 Å². The van der Waals surface area contributed by atoms with E-state index in [-0.39, 0.29) is 5.75 Å². The number of benzene rings is 1. The second-order valence-corrected chi connectivity index (χ2v) is 2.89. The molecule has 3 amide bonds. The maximum absolute atomic E-state index is 11.4. The third-order valence-corrected chi connectivity index (χ3v) is 1.77. The molecule has 0 saturated carbocycles. The van der Waals surface area contributed by atoms with E-state index in [2.05, 4.69) is 0 Å². The van der Waals surface area contributed by atoms with Gasteiger partial charge < -0.3 is 16.6 Å². The number of hydrogen-bond acceptors (Lipinski definition) is 4. The summed E-state index contributed by atoms with van der Waals surface area (Å²) < 4.78 is 6.49. The molecule has 6 N–H and O–H groups in total. The van der Waals surface area contributed by atoms with E-state index < -0.39 is 18.0 Å². The van der Waals surface area contributed by atoms with Crippen molar-refractivity contribution in [2.45, 2.75) is 6.04 Å². The molecule has 0 heterocycles. The lowest BCUT2D eigenvalue weighted by Crippen LogP contribution is -2.40. The Hall–Kier alpha value is -2.08. The number of carbonyl (C=O) groups excluding carboxylic acids is 2. The molecule has 0 aliphatic rings. The first kappa shape index (κ1) is 9.47. The molecule has 0 fully saturated rings. The molecular formula is C9H11N3O3. The molecule has 0 aliphatic heterocycles. The average molecular weight is 210 g/mol. The van der Waals surface area contributed by atoms with E-state index in [1.807, 2.05) is 5.32 Å². The van der Waals surface area contributed by atoms with Gasteiger partial charge in [-0.1, -0.05) is 12.1 Å². The molecule has 0 aliphatic carbocycles. The second-order valence-electron chi connectivity index (χ2n) is 2.89. The highest BCUT2D eigenvalue weighted by molar-refractivity contribution is 5.96. The number of phenols is 1. The molecule has 0 bridgehead atoms. The Balaban J connectivity index is 2.70. The quantitative estimate of drug-likeness (QED) is 0.530. The zero-order valence-electron chi connectivity index (χ0n) is 8.73. The number of rotatable bonds is 2. The van der Waals surface area contributed by atoms with E-state index in [0.29, 0.717) is 5.56 Å². The van der Waals surface area contributed by atoms with Crippen LogP contribution in [0, 0.1) is 0 Å². The minimum atomic E-state index is -1.03. The van der Waals surface area contributed by atoms with Crippen LogP contribution in [0.5, 0.6) is 5.75 Å². The van der Waals surface area contributed by atoms with Crippen LogP contribution in [0.25, 0.3) is 0 Å². The fourth-order valence-corrected chi connectivity index (χ4v) is 1.02. The van der Waals surface area contributed by atoms with Gasteiger partial charge in [-0.2, -0.15) is 0 Å². The molecule has 1 rings (SSSR count). The van der Waals surface area contributed by atoms with Gasteiger partial charge in [-0.15, -0.1) is 0 Å². The number of amides is 3. The van der Waals surface area contributed by atoms with Crippen LogP contribution < -0.4 is 16.8 Å². The number of primary amides is 1. The Kier molecular flexibility index (Phi) is 2.80. The number of nitrogens with two attached hydrogens (primary N) is 2. The summed E-state index contributed by atoms with van der Waals surface area (Å²) in [5, 5.41) is 10.9. The zero-order chi connectivity index (χ0) is 12.1. The van der Waals surface area contributed by atoms with Crippen LogP contribution in [0.1, 0.15) is 11.6 Å². The maximum Gasteiger partial charge on any atom is 0.318 e. The SMILES string of the molecule is [2H]NC(=O)NC(=O)C(N)c1ccc(O)cc1. The summed E-state index contributed by atoms with van der Waals surface area (Å²) in [5.74, 6) is -0.671. The Morgan fingerprint density at radius 3 is 2.53 bits per heavy atom. The van der Waals surface area contributed by atoms with E-state index in [1.54, 1.807) is 0 Å². The molecule has 80 valence electrons. The largest absolute Gasteiger partial charge is 0.508 e. The Bertz CT molecular complexity index is 393. The third kappa shape index (κ3) is 2.96. The number of carbonyl (C=O) groups is 2. The van der Waals surface area contributed by atoms with Crippen molar-refractivity contribution in [3.05, 3.63) is 29.8 Å². The number of hydrogen-bond donors (Lipinski definition) is 4. The molecular weight excluding hydrogens is 198 g/mol. The van der Waals surface area contributed by atoms with Crippen LogP contribution in [0.15, 0.2) is 24.3 Å². The summed E-state index contributed by atoms with van der Waals surface area (Å²) in [6.07, 6.45) is 0. The molecule has 15 heavy (non-hydrogen) atoms. The first-order valence-corrected chi connectivity index (χ1v) is 4.11. The molecule has 0 saturated heterocycles. The van der Waals surface area contributed by atoms with Gasteiger partial charge in [0.25, 0.3) is 0 Å². The zero-order valence-corrected chi connectivity index (χ0v) is 7.73. The molecule has 0 radical (unpaired) electrons. The van der Waals surface area contributed by atoms with E-state index in [9.17, 15) is 9.59 Å². The highest BCUT2D eigenvalue weighted by Crippen LogP contribution is 2.14. The number of nitrogens with one attached hydrogen (secondary N) is 1. The molecule has 1 aromatic carbocycles. The standard InChI is InChI=1S/C9H11N3O3/c10-7(8(14)12-9(11)15)5-1-3-6(13)4-2-5/h1-4,7,13H,10H2,(H3,11,12,14,15)/i/hD. The minimum absolute atomic E-state index is 0.0558. The molecule has 6 heteroatoms. The Morgan fingerprint density at radius 1 is 1.40 bits per heavy atom. The van der Waals surface area contributed by atoms with Gasteiger partial charge in [0.1, 0.15) is 11.8 Å². The fourth-order valence-electron chi connectivity index (χ4n) is 1.02. The predicted molar refractivity (Wildman–Crippen MR) is 52.8 cm³/mol. The topological polar surface area (TPSA) is 118 Å². The van der Waals surface area contributed by atoms with Crippen molar-refractivity contribution < 1.29 is 16.1 Å². The molecule has 0 aromatic heterocycles. The van der Waals surface area contributed by atoms with Crippen LogP contribution in [-0.4, -0.2) is 17.0 Å². The van der Waals surface area contributed by atoms with E-state index >= 15 is 0 Å². The van der Waals surface area contributed by atoms with Crippen molar-refractivity contribution in [3.8, 4) is 5.75 Å². The van der Waals surface area contributed by atoms with Gasteiger partial charge in [-0.3, -0.25) is 10.1 Å². The molecule has 1 unspecified atom stereocenters. The van der Waals surface area contributed by atoms with Gasteiger partial charge in [-0.05, 0) is 17.7 Å². The van der Waals surface area contributed by atoms with Gasteiger partial charge >= 0.3 is 6.03 Å². The monoisotopic (exact) mass is 210 g/mol. The van der Waals surface area contributed by atoms with Crippen molar-refractivity contribution in [1.29, 1.82) is 0 Å². The van der Waals surface area contributed by atoms with Gasteiger partial charge in [0.15, 0.2) is 1.41 Å². The lowest BCUT2D eigenvalue weighted by molar-refractivity contribution is -0.121. The van der Waals surface area contributed by atoms with Crippen LogP contribution in [-0.2, 0) is 4.79 Å². The molecule has 1 aromatic rings. The molecule has 6 nitrogen and oxygen atoms in total. The van der Waals surface area contributed by atoms with Crippen molar-refractivity contribution in [3.63, 3.8) is 0 Å². The molecule has 0 spiro atoms. The van der Waals surface area contributed by atoms with E-state index in [0.717, 1.165) is 0 Å². The van der Waals surface area contributed by atoms with Gasteiger partial charge in [0, 0.05) is 0 Å². The maximum atomic E-state index is 11.4. The van der Waals surface area contributed by atoms with Gasteiger partial charge in [0.2, 0.25) is 5.91 Å². The first-order valence-electron chi connectivity index (χ1n) is 4.61. The number of urea groups is 1. The summed E-state index contributed by atoms with van der Waals surface area (Å²) in [6, 6.07) is 3.73. The summed E-state index contributed by atoms with van der Waals surface area (Å²) in [4.78, 5) is 22.0. The van der Waals surface area contributed by atoms with E-state index in [1.165, 1.54) is 30.0 Å². The average Bonchev–Trinajstić information content (AvgIpc) is 2.28. The highest BCUT2D eigenvalue weighted by Gasteiger charge is 2.16. The first-order chi connectivity index (χ1) is 7.54. The highest BCUT2D eigenvalue weighted by atomic mass is 16.3. The van der Waals surface area contributed by atoms with Gasteiger partial charge in [0.05, 0.1) is 0 Å². The summed E-state index contributed by atoms with van der Waals surface area (Å²) in [7, 11) is 0. The van der Waals surface area contributed by atoms with Crippen molar-refractivity contribution >= 4 is 11.9 Å². The lowest BCUT2D eigenvalue weighted by Gasteiger charge is -2.10. The van der Waals surface area contributed by atoms with Crippen LogP contribution in [0.2, 0.25) is 1.41 Å². The Labute approximate surface area is 87.3 Å². The van der Waals surface area contributed by atoms with Gasteiger partial charge in [-0.25, -0.2) is 4.79 Å². The number of phenolic OH excluding ortho intramolecular Hbond substituents is 1. The Morgan fingerprint density at radius 2 is 2.00 bits per heavy atom. The van der Waals surface area contributed by atoms with E-state index in [4.69, 9.17) is 12.3 Å². The van der Waals surface area contributed by atoms with Crippen molar-refractivity contribution in [2.75, 3.05) is 0 Å². The lowest BCUT2D eigenvalue weighted by atomic mass is 10.1. The smallest absolute Gasteiger partial charge is 0.318 e. The summed E-state index contributed by atoms with van der Waals surface area (Å²) in [6.45, 7) is 0. The summed E-state index contributed by atoms with van der Waals surface area (Å²) >= 11 is 0. The minimum Gasteiger partial charge on any atom is -0.508 e. The predicted octanol–water partition coefficient (Wildman–Crippen LogP) is -0.413. The number of aromatic hydroxyl groups is 1. The van der Waals surface area contributed by atoms with Crippen LogP contribution in [0.3, 0.4) is 0 Å². The normalized spacial score (nSPS) is 12.5. The third-order valence-electron chi connectivity index (χ3n) is 1.77. The fraction of sp³-hybridized carbons (Fsp3) is 0.111. The van der Waals surface area contributed by atoms with Crippen molar-refractivity contribution in [2.24, 2.45) is 11.5 Å².